The van der Waals surface area contributed by atoms with Gasteiger partial charge in [-0.1, -0.05) is 28.1 Å². The Balaban J connectivity index is 2.53. The quantitative estimate of drug-likeness (QED) is 0.837. The summed E-state index contributed by atoms with van der Waals surface area (Å²) in [6.45, 7) is 1.72. The zero-order valence-electron chi connectivity index (χ0n) is 9.95. The van der Waals surface area contributed by atoms with Crippen LogP contribution in [0, 0.1) is 6.92 Å². The fourth-order valence-corrected chi connectivity index (χ4v) is 2.05. The van der Waals surface area contributed by atoms with Gasteiger partial charge in [-0.15, -0.1) is 0 Å². The standard InChI is InChI=1S/C13H12BrNO3/c1-7-10(13(17)18-2)12(16)11(15-7)8-3-5-9(14)6-4-8/h3-6,15-16H,1-2H3. The molecular weight excluding hydrogens is 298 g/mol. The lowest BCUT2D eigenvalue weighted by atomic mass is 10.1. The van der Waals surface area contributed by atoms with E-state index in [1.54, 1.807) is 6.92 Å². The monoisotopic (exact) mass is 309 g/mol. The third kappa shape index (κ3) is 2.13. The maximum absolute atomic E-state index is 11.5. The van der Waals surface area contributed by atoms with Gasteiger partial charge in [0.15, 0.2) is 5.75 Å². The van der Waals surface area contributed by atoms with Gasteiger partial charge in [0.1, 0.15) is 5.56 Å². The second-order valence-electron chi connectivity index (χ2n) is 3.85. The molecule has 0 unspecified atom stereocenters. The van der Waals surface area contributed by atoms with Gasteiger partial charge >= 0.3 is 5.97 Å². The fourth-order valence-electron chi connectivity index (χ4n) is 1.79. The molecule has 0 saturated heterocycles. The van der Waals surface area contributed by atoms with Gasteiger partial charge in [-0.2, -0.15) is 0 Å². The van der Waals surface area contributed by atoms with E-state index in [1.807, 2.05) is 24.3 Å². The van der Waals surface area contributed by atoms with Crippen LogP contribution in [-0.4, -0.2) is 23.2 Å². The highest BCUT2D eigenvalue weighted by molar-refractivity contribution is 9.10. The number of ether oxygens (including phenoxy) is 1. The molecule has 0 radical (unpaired) electrons. The molecule has 0 bridgehead atoms. The summed E-state index contributed by atoms with van der Waals surface area (Å²) in [5.41, 5.74) is 2.07. The molecular formula is C13H12BrNO3. The van der Waals surface area contributed by atoms with Crippen molar-refractivity contribution in [1.29, 1.82) is 0 Å². The molecule has 0 aliphatic heterocycles. The molecule has 4 nitrogen and oxygen atoms in total. The Morgan fingerprint density at radius 1 is 1.33 bits per heavy atom. The molecule has 2 rings (SSSR count). The average Bonchev–Trinajstić information content (AvgIpc) is 2.65. The Hall–Kier alpha value is -1.75. The number of nitrogens with one attached hydrogen (secondary N) is 1. The van der Waals surface area contributed by atoms with Crippen LogP contribution in [0.15, 0.2) is 28.7 Å². The van der Waals surface area contributed by atoms with E-state index in [1.165, 1.54) is 7.11 Å². The summed E-state index contributed by atoms with van der Waals surface area (Å²) in [4.78, 5) is 14.5. The molecule has 0 aliphatic carbocycles. The van der Waals surface area contributed by atoms with Crippen LogP contribution in [0.5, 0.6) is 5.75 Å². The van der Waals surface area contributed by atoms with E-state index in [9.17, 15) is 9.90 Å². The Bertz CT molecular complexity index is 587. The molecule has 0 fully saturated rings. The summed E-state index contributed by atoms with van der Waals surface area (Å²) in [6.07, 6.45) is 0. The van der Waals surface area contributed by atoms with Crippen molar-refractivity contribution in [2.45, 2.75) is 6.92 Å². The van der Waals surface area contributed by atoms with E-state index in [4.69, 9.17) is 0 Å². The van der Waals surface area contributed by atoms with Gasteiger partial charge in [-0.3, -0.25) is 0 Å². The SMILES string of the molecule is COC(=O)c1c(C)[nH]c(-c2ccc(Br)cc2)c1O. The van der Waals surface area contributed by atoms with Crippen molar-refractivity contribution in [3.63, 3.8) is 0 Å². The summed E-state index contributed by atoms with van der Waals surface area (Å²) < 4.78 is 5.59. The number of methoxy groups -OCH3 is 1. The van der Waals surface area contributed by atoms with Crippen molar-refractivity contribution in [2.24, 2.45) is 0 Å². The molecule has 1 aromatic heterocycles. The molecule has 5 heteroatoms. The van der Waals surface area contributed by atoms with Crippen molar-refractivity contribution < 1.29 is 14.6 Å². The minimum Gasteiger partial charge on any atom is -0.505 e. The first-order valence-electron chi connectivity index (χ1n) is 5.30. The highest BCUT2D eigenvalue weighted by atomic mass is 79.9. The van der Waals surface area contributed by atoms with Crippen molar-refractivity contribution in [1.82, 2.24) is 4.98 Å². The van der Waals surface area contributed by atoms with E-state index in [0.29, 0.717) is 11.4 Å². The van der Waals surface area contributed by atoms with Gasteiger partial charge in [0.2, 0.25) is 0 Å². The van der Waals surface area contributed by atoms with Crippen LogP contribution in [0.2, 0.25) is 0 Å². The van der Waals surface area contributed by atoms with Crippen LogP contribution in [0.25, 0.3) is 11.3 Å². The number of aromatic nitrogens is 1. The largest absolute Gasteiger partial charge is 0.505 e. The molecule has 0 amide bonds. The smallest absolute Gasteiger partial charge is 0.343 e. The molecule has 18 heavy (non-hydrogen) atoms. The molecule has 2 N–H and O–H groups in total. The summed E-state index contributed by atoms with van der Waals surface area (Å²) in [7, 11) is 1.29. The van der Waals surface area contributed by atoms with Crippen molar-refractivity contribution in [3.05, 3.63) is 40.0 Å². The number of rotatable bonds is 2. The van der Waals surface area contributed by atoms with Crippen molar-refractivity contribution >= 4 is 21.9 Å². The number of benzene rings is 1. The van der Waals surface area contributed by atoms with Crippen LogP contribution in [0.1, 0.15) is 16.1 Å². The number of aromatic amines is 1. The van der Waals surface area contributed by atoms with E-state index in [0.717, 1.165) is 10.0 Å². The number of carbonyl (C=O) groups is 1. The van der Waals surface area contributed by atoms with Gasteiger partial charge in [0, 0.05) is 15.7 Å². The van der Waals surface area contributed by atoms with Gasteiger partial charge < -0.3 is 14.8 Å². The minimum atomic E-state index is -0.551. The molecule has 0 saturated carbocycles. The first-order valence-corrected chi connectivity index (χ1v) is 6.09. The summed E-state index contributed by atoms with van der Waals surface area (Å²) >= 11 is 3.34. The van der Waals surface area contributed by atoms with Crippen molar-refractivity contribution in [3.8, 4) is 17.0 Å². The number of hydrogen-bond acceptors (Lipinski definition) is 3. The van der Waals surface area contributed by atoms with Gasteiger partial charge in [0.05, 0.1) is 12.8 Å². The lowest BCUT2D eigenvalue weighted by Gasteiger charge is -2.01. The van der Waals surface area contributed by atoms with Crippen LogP contribution in [0.4, 0.5) is 0 Å². The van der Waals surface area contributed by atoms with Gasteiger partial charge in [-0.25, -0.2) is 4.79 Å². The summed E-state index contributed by atoms with van der Waals surface area (Å²) in [5, 5.41) is 10.1. The second kappa shape index (κ2) is 4.86. The maximum atomic E-state index is 11.5. The molecule has 1 heterocycles. The number of aryl methyl sites for hydroxylation is 1. The van der Waals surface area contributed by atoms with Crippen LogP contribution in [-0.2, 0) is 4.74 Å². The fraction of sp³-hybridized carbons (Fsp3) is 0.154. The number of carbonyl (C=O) groups excluding carboxylic acids is 1. The first kappa shape index (κ1) is 12.7. The first-order chi connectivity index (χ1) is 8.54. The number of aromatic hydroxyl groups is 1. The molecule has 0 spiro atoms. The number of hydrogen-bond donors (Lipinski definition) is 2. The van der Waals surface area contributed by atoms with Crippen LogP contribution in [0.3, 0.4) is 0 Å². The molecule has 0 aliphatic rings. The van der Waals surface area contributed by atoms with E-state index >= 15 is 0 Å². The highest BCUT2D eigenvalue weighted by Crippen LogP contribution is 2.34. The summed E-state index contributed by atoms with van der Waals surface area (Å²) in [6, 6.07) is 7.41. The topological polar surface area (TPSA) is 62.3 Å². The normalized spacial score (nSPS) is 10.4. The lowest BCUT2D eigenvalue weighted by Crippen LogP contribution is -2.01. The number of halogens is 1. The van der Waals surface area contributed by atoms with E-state index in [-0.39, 0.29) is 11.3 Å². The Kier molecular flexibility index (Phi) is 3.43. The zero-order valence-corrected chi connectivity index (χ0v) is 11.5. The highest BCUT2D eigenvalue weighted by Gasteiger charge is 2.21. The van der Waals surface area contributed by atoms with E-state index in [2.05, 4.69) is 25.7 Å². The maximum Gasteiger partial charge on any atom is 0.343 e. The Labute approximate surface area is 113 Å². The molecule has 2 aromatic rings. The summed E-state index contributed by atoms with van der Waals surface area (Å²) in [5.74, 6) is -0.633. The van der Waals surface area contributed by atoms with Crippen molar-refractivity contribution in [2.75, 3.05) is 7.11 Å². The Morgan fingerprint density at radius 2 is 1.94 bits per heavy atom. The molecule has 94 valence electrons. The third-order valence-electron chi connectivity index (χ3n) is 2.68. The number of H-pyrrole nitrogens is 1. The minimum absolute atomic E-state index is 0.0818. The third-order valence-corrected chi connectivity index (χ3v) is 3.21. The predicted octanol–water partition coefficient (Wildman–Crippen LogP) is 3.24. The second-order valence-corrected chi connectivity index (χ2v) is 4.76. The molecule has 0 atom stereocenters. The lowest BCUT2D eigenvalue weighted by molar-refractivity contribution is 0.0597. The van der Waals surface area contributed by atoms with E-state index < -0.39 is 5.97 Å². The van der Waals surface area contributed by atoms with Gasteiger partial charge in [-0.05, 0) is 19.1 Å². The van der Waals surface area contributed by atoms with Crippen LogP contribution >= 0.6 is 15.9 Å². The van der Waals surface area contributed by atoms with Crippen LogP contribution < -0.4 is 0 Å². The average molecular weight is 310 g/mol. The molecule has 1 aromatic carbocycles. The number of esters is 1. The predicted molar refractivity (Wildman–Crippen MR) is 71.7 cm³/mol. The van der Waals surface area contributed by atoms with Gasteiger partial charge in [0.25, 0.3) is 0 Å². The Morgan fingerprint density at radius 3 is 2.50 bits per heavy atom. The zero-order chi connectivity index (χ0) is 13.3.